The van der Waals surface area contributed by atoms with Crippen LogP contribution >= 0.6 is 0 Å². The van der Waals surface area contributed by atoms with Crippen molar-refractivity contribution in [3.63, 3.8) is 0 Å². The number of para-hydroxylation sites is 1. The van der Waals surface area contributed by atoms with Crippen molar-refractivity contribution in [1.82, 2.24) is 5.01 Å². The number of carbonyl (C=O) groups is 2. The molecule has 2 aromatic rings. The zero-order valence-electron chi connectivity index (χ0n) is 14.0. The molecular formula is C17H13N5O5. The molecule has 10 heteroatoms. The lowest BCUT2D eigenvalue weighted by Crippen LogP contribution is -2.34. The summed E-state index contributed by atoms with van der Waals surface area (Å²) in [6.45, 7) is 1.52. The van der Waals surface area contributed by atoms with Crippen molar-refractivity contribution in [3.05, 3.63) is 64.2 Å². The second kappa shape index (κ2) is 7.12. The summed E-state index contributed by atoms with van der Waals surface area (Å²) in [4.78, 5) is 35.0. The Morgan fingerprint density at radius 3 is 2.52 bits per heavy atom. The van der Waals surface area contributed by atoms with Crippen LogP contribution in [0.4, 0.5) is 11.4 Å². The minimum atomic E-state index is -1.09. The number of hydrogen-bond donors (Lipinski definition) is 1. The molecule has 0 bridgehead atoms. The van der Waals surface area contributed by atoms with Gasteiger partial charge in [0.05, 0.1) is 21.9 Å². The molecule has 0 aromatic heterocycles. The van der Waals surface area contributed by atoms with Crippen LogP contribution in [0.5, 0.6) is 5.75 Å². The second-order valence-corrected chi connectivity index (χ2v) is 5.61. The third-order valence-corrected chi connectivity index (χ3v) is 3.77. The Labute approximate surface area is 152 Å². The first-order valence-electron chi connectivity index (χ1n) is 7.75. The average molecular weight is 367 g/mol. The maximum absolute atomic E-state index is 12.5. The van der Waals surface area contributed by atoms with Gasteiger partial charge in [-0.15, -0.1) is 0 Å². The van der Waals surface area contributed by atoms with E-state index in [-0.39, 0.29) is 22.7 Å². The van der Waals surface area contributed by atoms with E-state index in [2.05, 4.69) is 15.3 Å². The first kappa shape index (κ1) is 17.9. The summed E-state index contributed by atoms with van der Waals surface area (Å²) in [5, 5.41) is 32.8. The van der Waals surface area contributed by atoms with Crippen LogP contribution in [0.3, 0.4) is 0 Å². The van der Waals surface area contributed by atoms with Crippen LogP contribution in [0.2, 0.25) is 0 Å². The quantitative estimate of drug-likeness (QED) is 0.383. The van der Waals surface area contributed by atoms with Gasteiger partial charge in [0.25, 0.3) is 17.5 Å². The number of nitro benzene ring substituents is 1. The molecule has 27 heavy (non-hydrogen) atoms. The Bertz CT molecular complexity index is 983. The Hall–Kier alpha value is -3.95. The van der Waals surface area contributed by atoms with Gasteiger partial charge < -0.3 is 5.11 Å². The highest BCUT2D eigenvalue weighted by atomic mass is 16.6. The van der Waals surface area contributed by atoms with Crippen LogP contribution in [0.25, 0.3) is 0 Å². The van der Waals surface area contributed by atoms with Crippen molar-refractivity contribution in [3.8, 4) is 5.75 Å². The third-order valence-electron chi connectivity index (χ3n) is 3.77. The minimum Gasteiger partial charge on any atom is -0.507 e. The molecular weight excluding hydrogens is 354 g/mol. The van der Waals surface area contributed by atoms with E-state index in [0.29, 0.717) is 10.7 Å². The summed E-state index contributed by atoms with van der Waals surface area (Å²) in [5.41, 5.74) is 0.416. The molecule has 1 aliphatic rings. The number of hydrazone groups is 1. The number of imide groups is 1. The molecule has 136 valence electrons. The Balaban J connectivity index is 1.78. The lowest BCUT2D eigenvalue weighted by Gasteiger charge is -2.11. The fourth-order valence-electron chi connectivity index (χ4n) is 2.37. The van der Waals surface area contributed by atoms with Crippen LogP contribution in [0, 0.1) is 10.1 Å². The molecule has 0 spiro atoms. The maximum atomic E-state index is 12.5. The molecule has 0 fully saturated rings. The molecule has 2 amide bonds. The lowest BCUT2D eigenvalue weighted by atomic mass is 10.1. The van der Waals surface area contributed by atoms with Crippen LogP contribution in [-0.2, 0) is 4.79 Å². The second-order valence-electron chi connectivity index (χ2n) is 5.61. The fourth-order valence-corrected chi connectivity index (χ4v) is 2.37. The molecule has 1 N–H and O–H groups in total. The summed E-state index contributed by atoms with van der Waals surface area (Å²) in [5.74, 6) is -1.74. The highest BCUT2D eigenvalue weighted by molar-refractivity contribution is 6.18. The number of carbonyl (C=O) groups excluding carboxylic acids is 2. The number of benzene rings is 2. The highest BCUT2D eigenvalue weighted by Gasteiger charge is 2.38. The summed E-state index contributed by atoms with van der Waals surface area (Å²) < 4.78 is 0. The van der Waals surface area contributed by atoms with E-state index in [1.54, 1.807) is 12.1 Å². The van der Waals surface area contributed by atoms with E-state index in [9.17, 15) is 24.8 Å². The topological polar surface area (TPSA) is 138 Å². The molecule has 0 unspecified atom stereocenters. The van der Waals surface area contributed by atoms with Crippen molar-refractivity contribution >= 4 is 28.9 Å². The SMILES string of the molecule is CC1=NN(C(=O)c2ccccc2O)C(=O)[C@H]1N=Nc1ccc([N+](=O)[O-])cc1. The van der Waals surface area contributed by atoms with Gasteiger partial charge >= 0.3 is 0 Å². The summed E-state index contributed by atoms with van der Waals surface area (Å²) in [6, 6.07) is 10.0. The number of azo groups is 1. The van der Waals surface area contributed by atoms with Crippen molar-refractivity contribution in [2.45, 2.75) is 13.0 Å². The largest absolute Gasteiger partial charge is 0.507 e. The average Bonchev–Trinajstić information content (AvgIpc) is 2.94. The van der Waals surface area contributed by atoms with Gasteiger partial charge in [-0.3, -0.25) is 19.7 Å². The number of phenolic OH excluding ortho intramolecular Hbond substituents is 1. The zero-order valence-corrected chi connectivity index (χ0v) is 14.0. The number of phenols is 1. The summed E-state index contributed by atoms with van der Waals surface area (Å²) >= 11 is 0. The maximum Gasteiger partial charge on any atom is 0.285 e. The minimum absolute atomic E-state index is 0.0599. The van der Waals surface area contributed by atoms with Crippen LogP contribution in [0.1, 0.15) is 17.3 Å². The summed E-state index contributed by atoms with van der Waals surface area (Å²) in [7, 11) is 0. The van der Waals surface area contributed by atoms with E-state index in [4.69, 9.17) is 0 Å². The smallest absolute Gasteiger partial charge is 0.285 e. The number of non-ortho nitro benzene ring substituents is 1. The van der Waals surface area contributed by atoms with E-state index in [0.717, 1.165) is 0 Å². The molecule has 1 atom stereocenters. The van der Waals surface area contributed by atoms with Crippen molar-refractivity contribution in [1.29, 1.82) is 0 Å². The lowest BCUT2D eigenvalue weighted by molar-refractivity contribution is -0.384. The van der Waals surface area contributed by atoms with Gasteiger partial charge in [-0.2, -0.15) is 20.3 Å². The van der Waals surface area contributed by atoms with Crippen LogP contribution < -0.4 is 0 Å². The van der Waals surface area contributed by atoms with Crippen LogP contribution in [0.15, 0.2) is 63.9 Å². The van der Waals surface area contributed by atoms with Crippen molar-refractivity contribution < 1.29 is 19.6 Å². The van der Waals surface area contributed by atoms with Gasteiger partial charge in [-0.1, -0.05) is 12.1 Å². The monoisotopic (exact) mass is 367 g/mol. The molecule has 1 heterocycles. The van der Waals surface area contributed by atoms with E-state index < -0.39 is 22.8 Å². The molecule has 0 aliphatic carbocycles. The zero-order chi connectivity index (χ0) is 19.6. The number of nitrogens with zero attached hydrogens (tertiary/aromatic N) is 5. The van der Waals surface area contributed by atoms with Crippen LogP contribution in [-0.4, -0.2) is 38.6 Å². The highest BCUT2D eigenvalue weighted by Crippen LogP contribution is 2.23. The number of amides is 2. The molecule has 2 aromatic carbocycles. The number of nitro groups is 1. The van der Waals surface area contributed by atoms with Gasteiger partial charge in [0.1, 0.15) is 5.75 Å². The van der Waals surface area contributed by atoms with Crippen molar-refractivity contribution in [2.75, 3.05) is 0 Å². The predicted octanol–water partition coefficient (Wildman–Crippen LogP) is 2.81. The Morgan fingerprint density at radius 1 is 1.22 bits per heavy atom. The number of hydrogen-bond acceptors (Lipinski definition) is 8. The van der Waals surface area contributed by atoms with E-state index >= 15 is 0 Å². The molecule has 0 saturated heterocycles. The van der Waals surface area contributed by atoms with E-state index in [1.807, 2.05) is 0 Å². The molecule has 0 saturated carbocycles. The fraction of sp³-hybridized carbons (Fsp3) is 0.118. The van der Waals surface area contributed by atoms with Gasteiger partial charge in [-0.05, 0) is 31.2 Å². The Kier molecular flexibility index (Phi) is 4.71. The molecule has 1 aliphatic heterocycles. The number of rotatable bonds is 4. The molecule has 10 nitrogen and oxygen atoms in total. The van der Waals surface area contributed by atoms with Gasteiger partial charge in [0.15, 0.2) is 6.04 Å². The summed E-state index contributed by atoms with van der Waals surface area (Å²) in [6.07, 6.45) is 0. The first-order valence-corrected chi connectivity index (χ1v) is 7.75. The van der Waals surface area contributed by atoms with Gasteiger partial charge in [0.2, 0.25) is 0 Å². The third kappa shape index (κ3) is 3.54. The first-order chi connectivity index (χ1) is 12.9. The van der Waals surface area contributed by atoms with Crippen molar-refractivity contribution in [2.24, 2.45) is 15.3 Å². The number of aromatic hydroxyl groups is 1. The standard InChI is InChI=1S/C17H13N5O5/c1-10-15(19-18-11-6-8-12(9-7-11)22(26)27)17(25)21(20-10)16(24)13-4-2-3-5-14(13)23/h2-9,15,23H,1H3/t15-/m0/s1. The van der Waals surface area contributed by atoms with Gasteiger partial charge in [-0.25, -0.2) is 0 Å². The Morgan fingerprint density at radius 2 is 1.89 bits per heavy atom. The normalized spacial score (nSPS) is 16.6. The molecule has 0 radical (unpaired) electrons. The predicted molar refractivity (Wildman–Crippen MR) is 93.8 cm³/mol. The molecule has 3 rings (SSSR count). The van der Waals surface area contributed by atoms with Gasteiger partial charge in [0, 0.05) is 12.1 Å². The van der Waals surface area contributed by atoms with E-state index in [1.165, 1.54) is 43.3 Å².